The second-order valence-corrected chi connectivity index (χ2v) is 13.4. The van der Waals surface area contributed by atoms with Gasteiger partial charge in [-0.25, -0.2) is 4.98 Å². The number of fused-ring (bicyclic) bond motifs is 7. The van der Waals surface area contributed by atoms with E-state index < -0.39 is 0 Å². The van der Waals surface area contributed by atoms with Crippen LogP contribution in [0.2, 0.25) is 0 Å². The molecule has 0 N–H and O–H groups in total. The Morgan fingerprint density at radius 1 is 0.269 bits per heavy atom. The average molecular weight is 661 g/mol. The molecule has 0 unspecified atom stereocenters. The standard InChI is InChI=1S/C50H32N2/c1-2-12-33(13-3-1)38-26-27-51-49(31-38)50-41-19-5-4-14-39(41)32-48(52-50)40-18-11-17-36(29-40)34-15-10-16-35(28-34)37-24-25-46-44-22-7-6-20-42(44)43-21-8-9-23-45(43)47(46)30-37/h1-32H. The normalized spacial score (nSPS) is 11.5. The Kier molecular flexibility index (Phi) is 7.18. The zero-order valence-electron chi connectivity index (χ0n) is 28.4. The van der Waals surface area contributed by atoms with Gasteiger partial charge in [-0.05, 0) is 107 Å². The zero-order valence-corrected chi connectivity index (χ0v) is 28.4. The van der Waals surface area contributed by atoms with Crippen molar-refractivity contribution in [2.75, 3.05) is 0 Å². The number of rotatable bonds is 5. The fourth-order valence-electron chi connectivity index (χ4n) is 7.74. The first kappa shape index (κ1) is 30.0. The number of hydrogen-bond donors (Lipinski definition) is 0. The van der Waals surface area contributed by atoms with Gasteiger partial charge in [0.05, 0.1) is 17.1 Å². The molecule has 0 bridgehead atoms. The molecule has 0 saturated carbocycles. The van der Waals surface area contributed by atoms with Gasteiger partial charge in [0, 0.05) is 17.1 Å². The maximum atomic E-state index is 5.29. The second-order valence-electron chi connectivity index (χ2n) is 13.4. The molecule has 0 atom stereocenters. The summed E-state index contributed by atoms with van der Waals surface area (Å²) in [6.07, 6.45) is 1.88. The van der Waals surface area contributed by atoms with Gasteiger partial charge in [0.15, 0.2) is 0 Å². The smallest absolute Gasteiger partial charge is 0.0972 e. The molecular weight excluding hydrogens is 629 g/mol. The van der Waals surface area contributed by atoms with Crippen LogP contribution in [0.3, 0.4) is 0 Å². The molecule has 10 aromatic rings. The van der Waals surface area contributed by atoms with Crippen molar-refractivity contribution in [2.45, 2.75) is 0 Å². The summed E-state index contributed by atoms with van der Waals surface area (Å²) in [4.78, 5) is 10.1. The summed E-state index contributed by atoms with van der Waals surface area (Å²) in [5, 5.41) is 9.95. The van der Waals surface area contributed by atoms with Crippen molar-refractivity contribution in [2.24, 2.45) is 0 Å². The van der Waals surface area contributed by atoms with Gasteiger partial charge in [-0.15, -0.1) is 0 Å². The molecule has 0 spiro atoms. The number of pyridine rings is 2. The highest BCUT2D eigenvalue weighted by Gasteiger charge is 2.14. The maximum absolute atomic E-state index is 5.29. The van der Waals surface area contributed by atoms with E-state index in [4.69, 9.17) is 9.97 Å². The molecule has 0 fully saturated rings. The summed E-state index contributed by atoms with van der Waals surface area (Å²) in [5.41, 5.74) is 10.7. The lowest BCUT2D eigenvalue weighted by Gasteiger charge is -2.13. The predicted molar refractivity (Wildman–Crippen MR) is 219 cm³/mol. The number of aromatic nitrogens is 2. The van der Waals surface area contributed by atoms with E-state index in [0.717, 1.165) is 50.1 Å². The van der Waals surface area contributed by atoms with Crippen LogP contribution < -0.4 is 0 Å². The largest absolute Gasteiger partial charge is 0.255 e. The minimum atomic E-state index is 0.861. The van der Waals surface area contributed by atoms with Gasteiger partial charge in [0.25, 0.3) is 0 Å². The van der Waals surface area contributed by atoms with Crippen LogP contribution in [-0.2, 0) is 0 Å². The fraction of sp³-hybridized carbons (Fsp3) is 0. The molecule has 2 heteroatoms. The highest BCUT2D eigenvalue weighted by Crippen LogP contribution is 2.38. The van der Waals surface area contributed by atoms with Crippen molar-refractivity contribution in [3.8, 4) is 56.0 Å². The van der Waals surface area contributed by atoms with E-state index in [2.05, 4.69) is 182 Å². The molecule has 0 aliphatic rings. The van der Waals surface area contributed by atoms with E-state index in [1.807, 2.05) is 12.3 Å². The van der Waals surface area contributed by atoms with Gasteiger partial charge in [0.1, 0.15) is 0 Å². The van der Waals surface area contributed by atoms with Crippen LogP contribution in [0.5, 0.6) is 0 Å². The summed E-state index contributed by atoms with van der Waals surface area (Å²) in [7, 11) is 0. The lowest BCUT2D eigenvalue weighted by Crippen LogP contribution is -1.94. The molecule has 2 heterocycles. The van der Waals surface area contributed by atoms with Crippen molar-refractivity contribution in [3.05, 3.63) is 194 Å². The Morgan fingerprint density at radius 3 is 1.46 bits per heavy atom. The van der Waals surface area contributed by atoms with Crippen LogP contribution in [0, 0.1) is 0 Å². The summed E-state index contributed by atoms with van der Waals surface area (Å²) in [6.45, 7) is 0. The van der Waals surface area contributed by atoms with Gasteiger partial charge in [-0.3, -0.25) is 4.98 Å². The van der Waals surface area contributed by atoms with Crippen molar-refractivity contribution in [3.63, 3.8) is 0 Å². The number of benzene rings is 8. The molecule has 0 amide bonds. The Bertz CT molecular complexity index is 2930. The maximum Gasteiger partial charge on any atom is 0.0972 e. The summed E-state index contributed by atoms with van der Waals surface area (Å²) in [5.74, 6) is 0. The molecule has 8 aromatic carbocycles. The van der Waals surface area contributed by atoms with Gasteiger partial charge in [-0.2, -0.15) is 0 Å². The second kappa shape index (κ2) is 12.5. The summed E-state index contributed by atoms with van der Waals surface area (Å²) in [6, 6.07) is 67.3. The van der Waals surface area contributed by atoms with E-state index in [1.54, 1.807) is 0 Å². The highest BCUT2D eigenvalue weighted by molar-refractivity contribution is 6.25. The van der Waals surface area contributed by atoms with E-state index in [1.165, 1.54) is 49.0 Å². The molecule has 242 valence electrons. The van der Waals surface area contributed by atoms with Crippen LogP contribution in [0.4, 0.5) is 0 Å². The third-order valence-electron chi connectivity index (χ3n) is 10.3. The highest BCUT2D eigenvalue weighted by atomic mass is 14.8. The van der Waals surface area contributed by atoms with E-state index >= 15 is 0 Å². The Hall–Kier alpha value is -6.90. The lowest BCUT2D eigenvalue weighted by molar-refractivity contribution is 1.27. The molecular formula is C50H32N2. The van der Waals surface area contributed by atoms with Crippen molar-refractivity contribution in [1.29, 1.82) is 0 Å². The zero-order chi connectivity index (χ0) is 34.4. The Balaban J connectivity index is 1.06. The molecule has 10 rings (SSSR count). The molecule has 2 aromatic heterocycles. The number of nitrogens with zero attached hydrogens (tertiary/aromatic N) is 2. The molecule has 0 aliphatic heterocycles. The van der Waals surface area contributed by atoms with Gasteiger partial charge in [-0.1, -0.05) is 152 Å². The topological polar surface area (TPSA) is 25.8 Å². The quantitative estimate of drug-likeness (QED) is 0.172. The summed E-state index contributed by atoms with van der Waals surface area (Å²) >= 11 is 0. The first-order valence-electron chi connectivity index (χ1n) is 17.7. The first-order valence-corrected chi connectivity index (χ1v) is 17.7. The third kappa shape index (κ3) is 5.21. The van der Waals surface area contributed by atoms with Crippen LogP contribution in [0.15, 0.2) is 194 Å². The van der Waals surface area contributed by atoms with Crippen molar-refractivity contribution < 1.29 is 0 Å². The minimum absolute atomic E-state index is 0.861. The van der Waals surface area contributed by atoms with E-state index in [0.29, 0.717) is 0 Å². The minimum Gasteiger partial charge on any atom is -0.255 e. The number of hydrogen-bond acceptors (Lipinski definition) is 2. The Morgan fingerprint density at radius 2 is 0.769 bits per heavy atom. The molecule has 0 aliphatic carbocycles. The molecule has 52 heavy (non-hydrogen) atoms. The average Bonchev–Trinajstić information content (AvgIpc) is 3.23. The molecule has 0 radical (unpaired) electrons. The lowest BCUT2D eigenvalue weighted by atomic mass is 9.91. The first-order chi connectivity index (χ1) is 25.8. The van der Waals surface area contributed by atoms with Crippen LogP contribution in [-0.4, -0.2) is 9.97 Å². The molecule has 0 saturated heterocycles. The third-order valence-corrected chi connectivity index (χ3v) is 10.3. The van der Waals surface area contributed by atoms with Gasteiger partial charge < -0.3 is 0 Å². The fourth-order valence-corrected chi connectivity index (χ4v) is 7.74. The van der Waals surface area contributed by atoms with E-state index in [-0.39, 0.29) is 0 Å². The Labute approximate surface area is 302 Å². The van der Waals surface area contributed by atoms with Gasteiger partial charge in [0.2, 0.25) is 0 Å². The summed E-state index contributed by atoms with van der Waals surface area (Å²) < 4.78 is 0. The van der Waals surface area contributed by atoms with Crippen LogP contribution in [0.25, 0.3) is 99.1 Å². The van der Waals surface area contributed by atoms with Crippen LogP contribution >= 0.6 is 0 Å². The van der Waals surface area contributed by atoms with E-state index in [9.17, 15) is 0 Å². The van der Waals surface area contributed by atoms with Crippen molar-refractivity contribution >= 4 is 43.1 Å². The monoisotopic (exact) mass is 660 g/mol. The molecule has 2 nitrogen and oxygen atoms in total. The van der Waals surface area contributed by atoms with Crippen LogP contribution in [0.1, 0.15) is 0 Å². The SMILES string of the molecule is c1ccc(-c2ccnc(-c3nc(-c4cccc(-c5cccc(-c6ccc7c8ccccc8c8ccccc8c7c6)c5)c4)cc4ccccc34)c2)cc1. The van der Waals surface area contributed by atoms with Gasteiger partial charge >= 0.3 is 0 Å². The van der Waals surface area contributed by atoms with Crippen molar-refractivity contribution in [1.82, 2.24) is 9.97 Å². The predicted octanol–water partition coefficient (Wildman–Crippen LogP) is 13.4.